The summed E-state index contributed by atoms with van der Waals surface area (Å²) in [4.78, 5) is 23.5. The summed E-state index contributed by atoms with van der Waals surface area (Å²) in [6.07, 6.45) is 1.57. The molecule has 0 bridgehead atoms. The molecule has 0 saturated carbocycles. The van der Waals surface area contributed by atoms with Crippen LogP contribution in [-0.2, 0) is 4.79 Å². The number of fused-ring (bicyclic) bond motifs is 1. The number of carbonyl (C=O) groups is 1. The molecular weight excluding hydrogens is 338 g/mol. The average molecular weight is 358 g/mol. The van der Waals surface area contributed by atoms with Crippen LogP contribution < -0.4 is 5.32 Å². The van der Waals surface area contributed by atoms with Crippen LogP contribution in [0.5, 0.6) is 0 Å². The molecule has 0 aliphatic carbocycles. The fourth-order valence-electron chi connectivity index (χ4n) is 2.43. The van der Waals surface area contributed by atoms with Crippen LogP contribution in [0.15, 0.2) is 35.6 Å². The highest BCUT2D eigenvalue weighted by molar-refractivity contribution is 8.00. The summed E-state index contributed by atoms with van der Waals surface area (Å²) in [5.41, 5.74) is 3.14. The van der Waals surface area contributed by atoms with E-state index in [0.29, 0.717) is 0 Å². The molecule has 124 valence electrons. The normalized spacial score (nSPS) is 12.3. The predicted molar refractivity (Wildman–Crippen MR) is 102 cm³/mol. The van der Waals surface area contributed by atoms with Gasteiger partial charge in [0.1, 0.15) is 16.2 Å². The van der Waals surface area contributed by atoms with Gasteiger partial charge in [-0.25, -0.2) is 9.97 Å². The number of hydrogen-bond donors (Lipinski definition) is 1. The van der Waals surface area contributed by atoms with E-state index in [9.17, 15) is 4.79 Å². The third-order valence-corrected chi connectivity index (χ3v) is 6.09. The van der Waals surface area contributed by atoms with Crippen LogP contribution in [0.3, 0.4) is 0 Å². The lowest BCUT2D eigenvalue weighted by atomic mass is 10.2. The number of amides is 1. The first-order valence-electron chi connectivity index (χ1n) is 7.70. The quantitative estimate of drug-likeness (QED) is 0.541. The standard InChI is InChI=1S/C18H19N3OS2/c1-10-6-5-7-14(8-10)21-16(22)13(4)24-18-15-11(2)12(3)23-17(15)19-9-20-18/h5-9,13H,1-4H3,(H,21,22)/t13-/m0/s1. The summed E-state index contributed by atoms with van der Waals surface area (Å²) in [6.45, 7) is 8.08. The second-order valence-electron chi connectivity index (χ2n) is 5.76. The molecule has 1 amide bonds. The van der Waals surface area contributed by atoms with Crippen molar-refractivity contribution < 1.29 is 4.79 Å². The Morgan fingerprint density at radius 2 is 2.04 bits per heavy atom. The van der Waals surface area contributed by atoms with Crippen LogP contribution in [-0.4, -0.2) is 21.1 Å². The SMILES string of the molecule is Cc1cccc(NC(=O)[C@H](C)Sc2ncnc3sc(C)c(C)c23)c1. The van der Waals surface area contributed by atoms with Gasteiger partial charge >= 0.3 is 0 Å². The molecule has 0 spiro atoms. The lowest BCUT2D eigenvalue weighted by molar-refractivity contribution is -0.115. The number of nitrogens with one attached hydrogen (secondary N) is 1. The first kappa shape index (κ1) is 16.9. The molecule has 1 N–H and O–H groups in total. The maximum Gasteiger partial charge on any atom is 0.237 e. The molecule has 0 aliphatic heterocycles. The molecule has 4 nitrogen and oxygen atoms in total. The molecule has 1 aromatic carbocycles. The Morgan fingerprint density at radius 1 is 1.25 bits per heavy atom. The first-order valence-corrected chi connectivity index (χ1v) is 9.40. The van der Waals surface area contributed by atoms with Crippen molar-refractivity contribution in [2.45, 2.75) is 38.0 Å². The van der Waals surface area contributed by atoms with Crippen molar-refractivity contribution in [1.82, 2.24) is 9.97 Å². The van der Waals surface area contributed by atoms with Crippen LogP contribution >= 0.6 is 23.1 Å². The monoisotopic (exact) mass is 357 g/mol. The van der Waals surface area contributed by atoms with Crippen molar-refractivity contribution in [2.75, 3.05) is 5.32 Å². The van der Waals surface area contributed by atoms with Gasteiger partial charge in [0.15, 0.2) is 0 Å². The van der Waals surface area contributed by atoms with Crippen LogP contribution in [0.2, 0.25) is 0 Å². The highest BCUT2D eigenvalue weighted by atomic mass is 32.2. The highest BCUT2D eigenvalue weighted by Crippen LogP contribution is 2.36. The number of hydrogen-bond acceptors (Lipinski definition) is 5. The lowest BCUT2D eigenvalue weighted by Crippen LogP contribution is -2.22. The third kappa shape index (κ3) is 3.44. The molecule has 24 heavy (non-hydrogen) atoms. The summed E-state index contributed by atoms with van der Waals surface area (Å²) in [7, 11) is 0. The number of aryl methyl sites for hydroxylation is 3. The Bertz CT molecular complexity index is 904. The zero-order chi connectivity index (χ0) is 17.3. The molecule has 2 heterocycles. The average Bonchev–Trinajstić information content (AvgIpc) is 2.83. The van der Waals surface area contributed by atoms with E-state index >= 15 is 0 Å². The van der Waals surface area contributed by atoms with E-state index in [-0.39, 0.29) is 11.2 Å². The van der Waals surface area contributed by atoms with Gasteiger partial charge in [-0.2, -0.15) is 0 Å². The van der Waals surface area contributed by atoms with E-state index < -0.39 is 0 Å². The second-order valence-corrected chi connectivity index (χ2v) is 8.29. The van der Waals surface area contributed by atoms with E-state index in [1.165, 1.54) is 22.2 Å². The molecule has 1 atom stereocenters. The van der Waals surface area contributed by atoms with Gasteiger partial charge in [-0.05, 0) is 51.0 Å². The molecule has 2 aromatic heterocycles. The zero-order valence-electron chi connectivity index (χ0n) is 14.1. The van der Waals surface area contributed by atoms with E-state index in [0.717, 1.165) is 26.5 Å². The zero-order valence-corrected chi connectivity index (χ0v) is 15.7. The molecule has 0 saturated heterocycles. The maximum absolute atomic E-state index is 12.5. The van der Waals surface area contributed by atoms with Gasteiger partial charge in [0.25, 0.3) is 0 Å². The van der Waals surface area contributed by atoms with Crippen LogP contribution in [0, 0.1) is 20.8 Å². The Kier molecular flexibility index (Phi) is 4.87. The topological polar surface area (TPSA) is 54.9 Å². The smallest absolute Gasteiger partial charge is 0.237 e. The number of thioether (sulfide) groups is 1. The van der Waals surface area contributed by atoms with Crippen LogP contribution in [0.1, 0.15) is 22.9 Å². The number of thiophene rings is 1. The Hall–Kier alpha value is -1.92. The summed E-state index contributed by atoms with van der Waals surface area (Å²) >= 11 is 3.14. The van der Waals surface area contributed by atoms with Gasteiger partial charge in [0, 0.05) is 16.0 Å². The minimum absolute atomic E-state index is 0.0260. The van der Waals surface area contributed by atoms with Crippen molar-refractivity contribution in [3.8, 4) is 0 Å². The summed E-state index contributed by atoms with van der Waals surface area (Å²) in [5, 5.41) is 4.66. The van der Waals surface area contributed by atoms with Gasteiger partial charge < -0.3 is 5.32 Å². The summed E-state index contributed by atoms with van der Waals surface area (Å²) in [6, 6.07) is 7.81. The Labute approximate surface area is 149 Å². The first-order chi connectivity index (χ1) is 11.5. The van der Waals surface area contributed by atoms with E-state index in [2.05, 4.69) is 29.1 Å². The van der Waals surface area contributed by atoms with Crippen molar-refractivity contribution in [3.63, 3.8) is 0 Å². The van der Waals surface area contributed by atoms with Gasteiger partial charge in [-0.3, -0.25) is 4.79 Å². The van der Waals surface area contributed by atoms with Gasteiger partial charge in [-0.15, -0.1) is 11.3 Å². The number of aromatic nitrogens is 2. The van der Waals surface area contributed by atoms with Crippen molar-refractivity contribution >= 4 is 44.9 Å². The predicted octanol–water partition coefficient (Wildman–Crippen LogP) is 4.74. The summed E-state index contributed by atoms with van der Waals surface area (Å²) < 4.78 is 0. The molecule has 0 aliphatic rings. The third-order valence-electron chi connectivity index (χ3n) is 3.87. The number of carbonyl (C=O) groups excluding carboxylic acids is 1. The lowest BCUT2D eigenvalue weighted by Gasteiger charge is -2.12. The van der Waals surface area contributed by atoms with Crippen molar-refractivity contribution in [3.05, 3.63) is 46.6 Å². The molecule has 0 unspecified atom stereocenters. The van der Waals surface area contributed by atoms with E-state index in [4.69, 9.17) is 0 Å². The number of nitrogens with zero attached hydrogens (tertiary/aromatic N) is 2. The molecule has 0 fully saturated rings. The van der Waals surface area contributed by atoms with Gasteiger partial charge in [0.2, 0.25) is 5.91 Å². The Morgan fingerprint density at radius 3 is 2.79 bits per heavy atom. The molecule has 0 radical (unpaired) electrons. The number of anilines is 1. The number of benzene rings is 1. The molecule has 3 rings (SSSR count). The van der Waals surface area contributed by atoms with Crippen molar-refractivity contribution in [1.29, 1.82) is 0 Å². The Balaban J connectivity index is 1.79. The highest BCUT2D eigenvalue weighted by Gasteiger charge is 2.19. The number of rotatable bonds is 4. The maximum atomic E-state index is 12.5. The minimum atomic E-state index is -0.247. The fraction of sp³-hybridized carbons (Fsp3) is 0.278. The molecule has 3 aromatic rings. The van der Waals surface area contributed by atoms with E-state index in [1.54, 1.807) is 17.7 Å². The van der Waals surface area contributed by atoms with Crippen LogP contribution in [0.25, 0.3) is 10.2 Å². The largest absolute Gasteiger partial charge is 0.325 e. The molecular formula is C18H19N3OS2. The van der Waals surface area contributed by atoms with E-state index in [1.807, 2.05) is 38.1 Å². The minimum Gasteiger partial charge on any atom is -0.325 e. The van der Waals surface area contributed by atoms with Crippen LogP contribution in [0.4, 0.5) is 5.69 Å². The van der Waals surface area contributed by atoms with Gasteiger partial charge in [0.05, 0.1) is 5.25 Å². The fourth-order valence-corrected chi connectivity index (χ4v) is 4.47. The second kappa shape index (κ2) is 6.91. The summed E-state index contributed by atoms with van der Waals surface area (Å²) in [5.74, 6) is -0.0260. The molecule has 6 heteroatoms. The van der Waals surface area contributed by atoms with Crippen molar-refractivity contribution in [2.24, 2.45) is 0 Å². The van der Waals surface area contributed by atoms with Gasteiger partial charge in [-0.1, -0.05) is 23.9 Å².